The maximum atomic E-state index is 11.0. The van der Waals surface area contributed by atoms with Crippen LogP contribution in [-0.2, 0) is 18.3 Å². The Balaban J connectivity index is 1.29. The number of hydrogen-bond donors (Lipinski definition) is 0. The molecule has 41 heavy (non-hydrogen) atoms. The van der Waals surface area contributed by atoms with Gasteiger partial charge in [0.05, 0.1) is 0 Å². The summed E-state index contributed by atoms with van der Waals surface area (Å²) in [6.45, 7) is 4.45. The van der Waals surface area contributed by atoms with Gasteiger partial charge in [0.2, 0.25) is 0 Å². The topological polar surface area (TPSA) is 34.1 Å². The Kier molecular flexibility index (Phi) is 9.29. The minimum atomic E-state index is 0.0694. The quantitative estimate of drug-likeness (QED) is 0.117. The zero-order valence-electron chi connectivity index (χ0n) is 24.6. The first-order chi connectivity index (χ1) is 20.0. The number of carbonyl (C=O) groups is 2. The van der Waals surface area contributed by atoms with Gasteiger partial charge < -0.3 is 0 Å². The number of aldehydes is 2. The first kappa shape index (κ1) is 28.7. The third-order valence-corrected chi connectivity index (χ3v) is 9.04. The van der Waals surface area contributed by atoms with Crippen LogP contribution in [0.2, 0.25) is 0 Å². The lowest BCUT2D eigenvalue weighted by molar-refractivity contribution is 0.111. The molecule has 0 aliphatic heterocycles. The Hall–Kier alpha value is -3.78. The van der Waals surface area contributed by atoms with Crippen LogP contribution in [0.15, 0.2) is 84.9 Å². The Bertz CT molecular complexity index is 1360. The molecule has 1 aliphatic rings. The first-order valence-electron chi connectivity index (χ1n) is 15.3. The van der Waals surface area contributed by atoms with E-state index < -0.39 is 0 Å². The third-order valence-electron chi connectivity index (χ3n) is 9.04. The van der Waals surface area contributed by atoms with Gasteiger partial charge in [0.15, 0.2) is 0 Å². The van der Waals surface area contributed by atoms with Crippen LogP contribution < -0.4 is 0 Å². The molecule has 0 saturated carbocycles. The molecule has 210 valence electrons. The average Bonchev–Trinajstić information content (AvgIpc) is 3.25. The molecular weight excluding hydrogens is 500 g/mol. The number of aryl methyl sites for hydroxylation is 4. The van der Waals surface area contributed by atoms with Crippen LogP contribution in [0.3, 0.4) is 0 Å². The summed E-state index contributed by atoms with van der Waals surface area (Å²) < 4.78 is 0. The Morgan fingerprint density at radius 2 is 0.927 bits per heavy atom. The largest absolute Gasteiger partial charge is 0.298 e. The van der Waals surface area contributed by atoms with Gasteiger partial charge in [0.25, 0.3) is 0 Å². The first-order valence-corrected chi connectivity index (χ1v) is 15.3. The van der Waals surface area contributed by atoms with E-state index in [1.807, 2.05) is 24.3 Å². The summed E-state index contributed by atoms with van der Waals surface area (Å²) in [6, 6.07) is 30.3. The monoisotopic (exact) mass is 542 g/mol. The van der Waals surface area contributed by atoms with Crippen molar-refractivity contribution in [2.24, 2.45) is 0 Å². The van der Waals surface area contributed by atoms with Crippen molar-refractivity contribution >= 4 is 12.6 Å². The second kappa shape index (κ2) is 13.3. The molecule has 0 atom stereocenters. The lowest BCUT2D eigenvalue weighted by Gasteiger charge is -2.33. The number of unbranched alkanes of at least 4 members (excludes halogenated alkanes) is 4. The van der Waals surface area contributed by atoms with E-state index in [0.29, 0.717) is 0 Å². The number of rotatable bonds is 14. The highest BCUT2D eigenvalue weighted by Crippen LogP contribution is 2.54. The van der Waals surface area contributed by atoms with E-state index in [4.69, 9.17) is 0 Å². The molecular formula is C39H42O2. The highest BCUT2D eigenvalue weighted by atomic mass is 16.1. The molecule has 0 unspecified atom stereocenters. The summed E-state index contributed by atoms with van der Waals surface area (Å²) in [4.78, 5) is 22.0. The zero-order chi connectivity index (χ0) is 28.7. The molecule has 0 amide bonds. The predicted molar refractivity (Wildman–Crippen MR) is 170 cm³/mol. The summed E-state index contributed by atoms with van der Waals surface area (Å²) in [7, 11) is 0. The fourth-order valence-corrected chi connectivity index (χ4v) is 6.78. The molecule has 0 heterocycles. The van der Waals surface area contributed by atoms with Crippen LogP contribution in [-0.4, -0.2) is 12.6 Å². The molecule has 0 radical (unpaired) electrons. The number of fused-ring (bicyclic) bond motifs is 3. The van der Waals surface area contributed by atoms with E-state index in [0.717, 1.165) is 36.5 Å². The third kappa shape index (κ3) is 6.59. The van der Waals surface area contributed by atoms with Gasteiger partial charge in [0, 0.05) is 16.5 Å². The molecule has 4 aromatic carbocycles. The van der Waals surface area contributed by atoms with Gasteiger partial charge in [-0.15, -0.1) is 0 Å². The van der Waals surface area contributed by atoms with Crippen molar-refractivity contribution in [3.63, 3.8) is 0 Å². The van der Waals surface area contributed by atoms with Crippen LogP contribution >= 0.6 is 0 Å². The van der Waals surface area contributed by atoms with E-state index in [9.17, 15) is 9.59 Å². The molecule has 4 aromatic rings. The van der Waals surface area contributed by atoms with Gasteiger partial charge in [-0.3, -0.25) is 9.59 Å². The van der Waals surface area contributed by atoms with Crippen LogP contribution in [0.1, 0.15) is 105 Å². The standard InChI is InChI=1S/C39H42O2/c1-29-11-21-35-36-22-12-30(2)26-38(36)39(37(35)25-29,23-7-3-5-9-31-13-17-33(27-40)18-14-31)24-8-4-6-10-32-15-19-34(28-41)20-16-32/h11-22,25-28H,3-10,23-24H2,1-2H3. The van der Waals surface area contributed by atoms with Crippen LogP contribution in [0.4, 0.5) is 0 Å². The van der Waals surface area contributed by atoms with E-state index in [1.165, 1.54) is 95.9 Å². The smallest absolute Gasteiger partial charge is 0.150 e. The predicted octanol–water partition coefficient (Wildman–Crippen LogP) is 9.80. The van der Waals surface area contributed by atoms with Gasteiger partial charge in [-0.1, -0.05) is 122 Å². The summed E-state index contributed by atoms with van der Waals surface area (Å²) in [5.74, 6) is 0. The van der Waals surface area contributed by atoms with Crippen LogP contribution in [0.25, 0.3) is 11.1 Å². The van der Waals surface area contributed by atoms with E-state index in [2.05, 4.69) is 74.5 Å². The highest BCUT2D eigenvalue weighted by Gasteiger charge is 2.42. The van der Waals surface area contributed by atoms with Gasteiger partial charge in [-0.2, -0.15) is 0 Å². The Labute approximate surface area is 245 Å². The highest BCUT2D eigenvalue weighted by molar-refractivity contribution is 5.81. The van der Waals surface area contributed by atoms with Crippen molar-refractivity contribution in [3.8, 4) is 11.1 Å². The van der Waals surface area contributed by atoms with Crippen molar-refractivity contribution < 1.29 is 9.59 Å². The lowest BCUT2D eigenvalue weighted by Crippen LogP contribution is -2.26. The van der Waals surface area contributed by atoms with Gasteiger partial charge >= 0.3 is 0 Å². The molecule has 0 N–H and O–H groups in total. The normalized spacial score (nSPS) is 13.0. The molecule has 0 saturated heterocycles. The number of benzene rings is 4. The molecule has 1 aliphatic carbocycles. The van der Waals surface area contributed by atoms with Gasteiger partial charge in [-0.05, 0) is 85.8 Å². The molecule has 2 heteroatoms. The summed E-state index contributed by atoms with van der Waals surface area (Å²) in [5.41, 5.74) is 12.8. The average molecular weight is 543 g/mol. The molecule has 0 spiro atoms. The lowest BCUT2D eigenvalue weighted by atomic mass is 9.70. The van der Waals surface area contributed by atoms with Crippen LogP contribution in [0, 0.1) is 13.8 Å². The maximum absolute atomic E-state index is 11.0. The van der Waals surface area contributed by atoms with Gasteiger partial charge in [0.1, 0.15) is 12.6 Å². The van der Waals surface area contributed by atoms with Crippen molar-refractivity contribution in [3.05, 3.63) is 129 Å². The molecule has 0 bridgehead atoms. The summed E-state index contributed by atoms with van der Waals surface area (Å²) in [5, 5.41) is 0. The van der Waals surface area contributed by atoms with Crippen molar-refractivity contribution in [1.29, 1.82) is 0 Å². The minimum absolute atomic E-state index is 0.0694. The van der Waals surface area contributed by atoms with Crippen molar-refractivity contribution in [2.45, 2.75) is 83.5 Å². The molecule has 0 fully saturated rings. The Morgan fingerprint density at radius 3 is 1.32 bits per heavy atom. The molecule has 2 nitrogen and oxygen atoms in total. The molecule has 0 aromatic heterocycles. The van der Waals surface area contributed by atoms with E-state index in [-0.39, 0.29) is 5.41 Å². The van der Waals surface area contributed by atoms with Crippen molar-refractivity contribution in [2.75, 3.05) is 0 Å². The number of hydrogen-bond acceptors (Lipinski definition) is 2. The Morgan fingerprint density at radius 1 is 0.512 bits per heavy atom. The van der Waals surface area contributed by atoms with E-state index in [1.54, 1.807) is 0 Å². The fraction of sp³-hybridized carbons (Fsp3) is 0.333. The number of carbonyl (C=O) groups excluding carboxylic acids is 2. The molecule has 5 rings (SSSR count). The maximum Gasteiger partial charge on any atom is 0.150 e. The SMILES string of the molecule is Cc1ccc2c(c1)C(CCCCCc1ccc(C=O)cc1)(CCCCCc1ccc(C=O)cc1)c1cc(C)ccc1-2. The second-order valence-electron chi connectivity index (χ2n) is 12.0. The van der Waals surface area contributed by atoms with Crippen LogP contribution in [0.5, 0.6) is 0 Å². The van der Waals surface area contributed by atoms with Gasteiger partial charge in [-0.25, -0.2) is 0 Å². The van der Waals surface area contributed by atoms with E-state index >= 15 is 0 Å². The summed E-state index contributed by atoms with van der Waals surface area (Å²) >= 11 is 0. The minimum Gasteiger partial charge on any atom is -0.298 e. The fourth-order valence-electron chi connectivity index (χ4n) is 6.78. The summed E-state index contributed by atoms with van der Waals surface area (Å²) in [6.07, 6.45) is 13.5. The zero-order valence-corrected chi connectivity index (χ0v) is 24.6. The second-order valence-corrected chi connectivity index (χ2v) is 12.0. The van der Waals surface area contributed by atoms with Crippen molar-refractivity contribution in [1.82, 2.24) is 0 Å².